The van der Waals surface area contributed by atoms with Crippen molar-refractivity contribution in [1.82, 2.24) is 0 Å². The molecule has 2 aliphatic rings. The molecule has 0 bridgehead atoms. The predicted octanol–water partition coefficient (Wildman–Crippen LogP) is 3.69. The highest BCUT2D eigenvalue weighted by atomic mass is 16.5. The van der Waals surface area contributed by atoms with Crippen molar-refractivity contribution < 1.29 is 23.9 Å². The summed E-state index contributed by atoms with van der Waals surface area (Å²) in [7, 11) is 1.58. The molecule has 1 aliphatic carbocycles. The van der Waals surface area contributed by atoms with Crippen LogP contribution in [0.4, 0.5) is 5.69 Å². The number of para-hydroxylation sites is 2. The lowest BCUT2D eigenvalue weighted by Crippen LogP contribution is -2.31. The van der Waals surface area contributed by atoms with Crippen molar-refractivity contribution in [2.45, 2.75) is 26.2 Å². The van der Waals surface area contributed by atoms with Crippen molar-refractivity contribution in [2.75, 3.05) is 12.0 Å². The molecule has 2 atom stereocenters. The van der Waals surface area contributed by atoms with Gasteiger partial charge in [-0.2, -0.15) is 0 Å². The van der Waals surface area contributed by atoms with Crippen LogP contribution in [0, 0.1) is 11.8 Å². The number of fused-ring (bicyclic) bond motifs is 1. The van der Waals surface area contributed by atoms with Gasteiger partial charge in [0.1, 0.15) is 5.75 Å². The average Bonchev–Trinajstić information content (AvgIpc) is 2.98. The van der Waals surface area contributed by atoms with Crippen molar-refractivity contribution in [3.05, 3.63) is 65.7 Å². The summed E-state index contributed by atoms with van der Waals surface area (Å²) in [6.45, 7) is 1.98. The third-order valence-corrected chi connectivity index (χ3v) is 5.66. The smallest absolute Gasteiger partial charge is 0.315 e. The number of hydrogen-bond acceptors (Lipinski definition) is 5. The number of esters is 1. The van der Waals surface area contributed by atoms with E-state index in [0.717, 1.165) is 11.1 Å². The first-order valence-corrected chi connectivity index (χ1v) is 9.94. The molecule has 2 unspecified atom stereocenters. The number of carbonyl (C=O) groups excluding carboxylic acids is 3. The lowest BCUT2D eigenvalue weighted by Gasteiger charge is -2.19. The number of methoxy groups -OCH3 is 1. The second-order valence-corrected chi connectivity index (χ2v) is 7.68. The number of allylic oxidation sites excluding steroid dienone is 2. The largest absolute Gasteiger partial charge is 0.497 e. The second-order valence-electron chi connectivity index (χ2n) is 7.68. The number of carbonyl (C=O) groups is 3. The van der Waals surface area contributed by atoms with Crippen molar-refractivity contribution in [3.63, 3.8) is 0 Å². The molecule has 0 aromatic heterocycles. The van der Waals surface area contributed by atoms with Crippen LogP contribution in [0.1, 0.15) is 25.3 Å². The van der Waals surface area contributed by atoms with Gasteiger partial charge in [-0.1, -0.05) is 35.9 Å². The molecule has 1 aliphatic heterocycles. The van der Waals surface area contributed by atoms with Gasteiger partial charge in [0.05, 0.1) is 31.1 Å². The molecule has 1 saturated heterocycles. The summed E-state index contributed by atoms with van der Waals surface area (Å²) in [5.41, 5.74) is 2.22. The fourth-order valence-corrected chi connectivity index (χ4v) is 4.07. The first-order valence-electron chi connectivity index (χ1n) is 9.94. The van der Waals surface area contributed by atoms with Gasteiger partial charge in [-0.15, -0.1) is 0 Å². The molecule has 0 radical (unpaired) electrons. The van der Waals surface area contributed by atoms with E-state index in [0.29, 0.717) is 24.3 Å². The van der Waals surface area contributed by atoms with Gasteiger partial charge in [0, 0.05) is 0 Å². The minimum atomic E-state index is -0.471. The Hall–Kier alpha value is -3.41. The summed E-state index contributed by atoms with van der Waals surface area (Å²) < 4.78 is 10.7. The van der Waals surface area contributed by atoms with Crippen molar-refractivity contribution in [2.24, 2.45) is 11.8 Å². The van der Waals surface area contributed by atoms with E-state index >= 15 is 0 Å². The molecule has 6 nitrogen and oxygen atoms in total. The van der Waals surface area contributed by atoms with Crippen LogP contribution in [0.3, 0.4) is 0 Å². The molecule has 4 rings (SSSR count). The lowest BCUT2D eigenvalue weighted by molar-refractivity contribution is -0.133. The van der Waals surface area contributed by atoms with Gasteiger partial charge >= 0.3 is 5.97 Å². The second kappa shape index (κ2) is 8.14. The molecule has 2 aromatic rings. The van der Waals surface area contributed by atoms with Crippen LogP contribution < -0.4 is 14.4 Å². The highest BCUT2D eigenvalue weighted by Crippen LogP contribution is 2.42. The van der Waals surface area contributed by atoms with Crippen molar-refractivity contribution in [1.29, 1.82) is 0 Å². The van der Waals surface area contributed by atoms with Crippen LogP contribution >= 0.6 is 0 Å². The fourth-order valence-electron chi connectivity index (χ4n) is 4.07. The summed E-state index contributed by atoms with van der Waals surface area (Å²) >= 11 is 0. The highest BCUT2D eigenvalue weighted by molar-refractivity contribution is 6.23. The van der Waals surface area contributed by atoms with Crippen molar-refractivity contribution >= 4 is 23.5 Å². The van der Waals surface area contributed by atoms with Gasteiger partial charge in [-0.3, -0.25) is 14.4 Å². The summed E-state index contributed by atoms with van der Waals surface area (Å²) in [4.78, 5) is 39.7. The van der Waals surface area contributed by atoms with Crippen LogP contribution in [-0.2, 0) is 20.8 Å². The summed E-state index contributed by atoms with van der Waals surface area (Å²) in [6, 6.07) is 13.8. The van der Waals surface area contributed by atoms with Crippen LogP contribution in [0.2, 0.25) is 0 Å². The van der Waals surface area contributed by atoms with Crippen LogP contribution in [-0.4, -0.2) is 24.9 Å². The Morgan fingerprint density at radius 3 is 2.47 bits per heavy atom. The van der Waals surface area contributed by atoms with Gasteiger partial charge < -0.3 is 9.47 Å². The third kappa shape index (κ3) is 3.73. The Kier molecular flexibility index (Phi) is 5.40. The van der Waals surface area contributed by atoms with Crippen LogP contribution in [0.25, 0.3) is 0 Å². The summed E-state index contributed by atoms with van der Waals surface area (Å²) in [6.07, 6.45) is 3.24. The summed E-state index contributed by atoms with van der Waals surface area (Å²) in [5.74, 6) is -0.698. The number of amides is 2. The van der Waals surface area contributed by atoms with E-state index < -0.39 is 5.97 Å². The summed E-state index contributed by atoms with van der Waals surface area (Å²) in [5, 5.41) is 0. The van der Waals surface area contributed by atoms with E-state index in [4.69, 9.17) is 9.47 Å². The molecule has 2 aromatic carbocycles. The standard InChI is InChI=1S/C24H23NO5/c1-15-7-12-18-19(13-15)24(28)25(23(18)27)20-5-3-4-6-21(20)30-22(26)14-16-8-10-17(29-2)11-9-16/h3-11,18-19H,12-14H2,1-2H3. The third-order valence-electron chi connectivity index (χ3n) is 5.66. The lowest BCUT2D eigenvalue weighted by atomic mass is 9.82. The molecular weight excluding hydrogens is 382 g/mol. The highest BCUT2D eigenvalue weighted by Gasteiger charge is 2.49. The first kappa shape index (κ1) is 19.9. The molecule has 154 valence electrons. The van der Waals surface area contributed by atoms with Gasteiger partial charge in [0.2, 0.25) is 11.8 Å². The number of nitrogens with zero attached hydrogens (tertiary/aromatic N) is 1. The zero-order chi connectivity index (χ0) is 21.3. The number of imide groups is 1. The first-order chi connectivity index (χ1) is 14.5. The SMILES string of the molecule is COc1ccc(CC(=O)Oc2ccccc2N2C(=O)C3CC=C(C)CC3C2=O)cc1. The quantitative estimate of drug-likeness (QED) is 0.328. The topological polar surface area (TPSA) is 72.9 Å². The average molecular weight is 405 g/mol. The Morgan fingerprint density at radius 1 is 1.03 bits per heavy atom. The number of rotatable bonds is 5. The van der Waals surface area contributed by atoms with Gasteiger partial charge in [-0.25, -0.2) is 4.90 Å². The van der Waals surface area contributed by atoms with E-state index in [9.17, 15) is 14.4 Å². The van der Waals surface area contributed by atoms with E-state index in [2.05, 4.69) is 0 Å². The predicted molar refractivity (Wildman–Crippen MR) is 111 cm³/mol. The molecule has 30 heavy (non-hydrogen) atoms. The fraction of sp³-hybridized carbons (Fsp3) is 0.292. The van der Waals surface area contributed by atoms with Gasteiger partial charge in [-0.05, 0) is 49.6 Å². The Bertz CT molecular complexity index is 1020. The molecule has 1 fully saturated rings. The monoisotopic (exact) mass is 405 g/mol. The normalized spacial score (nSPS) is 20.6. The van der Waals surface area contributed by atoms with Crippen LogP contribution in [0.5, 0.6) is 11.5 Å². The Balaban J connectivity index is 1.53. The molecular formula is C24H23NO5. The number of benzene rings is 2. The zero-order valence-corrected chi connectivity index (χ0v) is 17.0. The number of ether oxygens (including phenoxy) is 2. The zero-order valence-electron chi connectivity index (χ0n) is 17.0. The minimum Gasteiger partial charge on any atom is -0.497 e. The Labute approximate surface area is 175 Å². The van der Waals surface area contributed by atoms with E-state index in [1.807, 2.05) is 13.0 Å². The van der Waals surface area contributed by atoms with Crippen molar-refractivity contribution in [3.8, 4) is 11.5 Å². The molecule has 0 saturated carbocycles. The van der Waals surface area contributed by atoms with Gasteiger partial charge in [0.25, 0.3) is 0 Å². The maximum absolute atomic E-state index is 13.0. The molecule has 2 amide bonds. The van der Waals surface area contributed by atoms with E-state index in [1.165, 1.54) is 4.90 Å². The van der Waals surface area contributed by atoms with Crippen LogP contribution in [0.15, 0.2) is 60.2 Å². The maximum Gasteiger partial charge on any atom is 0.315 e. The minimum absolute atomic E-state index is 0.0641. The molecule has 0 spiro atoms. The Morgan fingerprint density at radius 2 is 1.73 bits per heavy atom. The van der Waals surface area contributed by atoms with E-state index in [1.54, 1.807) is 55.6 Å². The number of anilines is 1. The molecule has 1 heterocycles. The van der Waals surface area contributed by atoms with Gasteiger partial charge in [0.15, 0.2) is 5.75 Å². The maximum atomic E-state index is 13.0. The number of hydrogen-bond donors (Lipinski definition) is 0. The van der Waals surface area contributed by atoms with E-state index in [-0.39, 0.29) is 35.8 Å². The molecule has 0 N–H and O–H groups in total. The molecule has 6 heteroatoms.